The van der Waals surface area contributed by atoms with Gasteiger partial charge in [-0.1, -0.05) is 0 Å². The Morgan fingerprint density at radius 1 is 1.40 bits per heavy atom. The van der Waals surface area contributed by atoms with E-state index < -0.39 is 0 Å². The van der Waals surface area contributed by atoms with E-state index in [0.717, 1.165) is 31.1 Å². The molecule has 2 aliphatic rings. The van der Waals surface area contributed by atoms with Crippen LogP contribution in [-0.2, 0) is 11.3 Å². The van der Waals surface area contributed by atoms with Crippen LogP contribution in [0.15, 0.2) is 18.2 Å². The first kappa shape index (κ1) is 13.7. The fraction of sp³-hybridized carbons (Fsp3) is 0.625. The zero-order valence-corrected chi connectivity index (χ0v) is 12.2. The molecule has 4 nitrogen and oxygen atoms in total. The summed E-state index contributed by atoms with van der Waals surface area (Å²) in [7, 11) is 0. The average molecular weight is 276 g/mol. The van der Waals surface area contributed by atoms with E-state index in [2.05, 4.69) is 4.90 Å². The standard InChI is InChI=1S/C16H24N2O2/c1-2-19-15-7-6-13(17)10-12(15)11-18-8-9-20-16-5-3-4-14(16)18/h6-7,10,14,16H,2-5,8-9,11,17H2,1H3. The van der Waals surface area contributed by atoms with E-state index in [9.17, 15) is 0 Å². The molecule has 3 rings (SSSR count). The van der Waals surface area contributed by atoms with Crippen LogP contribution in [0.2, 0.25) is 0 Å². The maximum Gasteiger partial charge on any atom is 0.123 e. The number of nitrogens with zero attached hydrogens (tertiary/aromatic N) is 1. The zero-order chi connectivity index (χ0) is 13.9. The highest BCUT2D eigenvalue weighted by Crippen LogP contribution is 2.32. The van der Waals surface area contributed by atoms with Crippen LogP contribution in [0.3, 0.4) is 0 Å². The van der Waals surface area contributed by atoms with Crippen LogP contribution in [0, 0.1) is 0 Å². The third kappa shape index (κ3) is 2.76. The van der Waals surface area contributed by atoms with Gasteiger partial charge in [0.1, 0.15) is 5.75 Å². The van der Waals surface area contributed by atoms with E-state index in [4.69, 9.17) is 15.2 Å². The van der Waals surface area contributed by atoms with Crippen LogP contribution >= 0.6 is 0 Å². The molecule has 110 valence electrons. The van der Waals surface area contributed by atoms with Crippen LogP contribution in [0.5, 0.6) is 5.75 Å². The quantitative estimate of drug-likeness (QED) is 0.858. The summed E-state index contributed by atoms with van der Waals surface area (Å²) in [5.41, 5.74) is 7.94. The van der Waals surface area contributed by atoms with Crippen molar-refractivity contribution in [2.75, 3.05) is 25.5 Å². The molecule has 1 aromatic rings. The highest BCUT2D eigenvalue weighted by molar-refractivity contribution is 5.47. The zero-order valence-electron chi connectivity index (χ0n) is 12.2. The van der Waals surface area contributed by atoms with Crippen LogP contribution in [-0.4, -0.2) is 36.8 Å². The second kappa shape index (κ2) is 6.02. The molecular formula is C16H24N2O2. The average Bonchev–Trinajstić information content (AvgIpc) is 2.91. The van der Waals surface area contributed by atoms with Crippen LogP contribution < -0.4 is 10.5 Å². The number of nitrogens with two attached hydrogens (primary N) is 1. The van der Waals surface area contributed by atoms with E-state index in [-0.39, 0.29) is 0 Å². The molecule has 0 bridgehead atoms. The minimum atomic E-state index is 0.431. The Hall–Kier alpha value is -1.26. The third-order valence-electron chi connectivity index (χ3n) is 4.35. The van der Waals surface area contributed by atoms with Crippen molar-refractivity contribution in [3.05, 3.63) is 23.8 Å². The number of nitrogen functional groups attached to an aromatic ring is 1. The lowest BCUT2D eigenvalue weighted by Gasteiger charge is -2.38. The Bertz CT molecular complexity index is 464. The van der Waals surface area contributed by atoms with E-state index >= 15 is 0 Å². The van der Waals surface area contributed by atoms with Crippen molar-refractivity contribution in [1.29, 1.82) is 0 Å². The lowest BCUT2D eigenvalue weighted by atomic mass is 10.1. The van der Waals surface area contributed by atoms with Gasteiger partial charge in [0.15, 0.2) is 0 Å². The number of rotatable bonds is 4. The summed E-state index contributed by atoms with van der Waals surface area (Å²) >= 11 is 0. The van der Waals surface area contributed by atoms with Gasteiger partial charge >= 0.3 is 0 Å². The predicted octanol–water partition coefficient (Wildman–Crippen LogP) is 2.42. The highest BCUT2D eigenvalue weighted by atomic mass is 16.5. The number of fused-ring (bicyclic) bond motifs is 1. The summed E-state index contributed by atoms with van der Waals surface area (Å²) in [6.07, 6.45) is 4.16. The number of hydrogen-bond acceptors (Lipinski definition) is 4. The normalized spacial score (nSPS) is 26.4. The van der Waals surface area contributed by atoms with Gasteiger partial charge in [0.2, 0.25) is 0 Å². The maximum atomic E-state index is 5.94. The highest BCUT2D eigenvalue weighted by Gasteiger charge is 2.36. The van der Waals surface area contributed by atoms with Gasteiger partial charge in [-0.3, -0.25) is 4.90 Å². The predicted molar refractivity (Wildman–Crippen MR) is 79.8 cm³/mol. The van der Waals surface area contributed by atoms with Gasteiger partial charge in [-0.15, -0.1) is 0 Å². The summed E-state index contributed by atoms with van der Waals surface area (Å²) in [5, 5.41) is 0. The summed E-state index contributed by atoms with van der Waals surface area (Å²) in [6.45, 7) is 5.45. The van der Waals surface area contributed by atoms with E-state index in [1.807, 2.05) is 25.1 Å². The molecule has 1 saturated carbocycles. The summed E-state index contributed by atoms with van der Waals surface area (Å²) in [5.74, 6) is 0.961. The molecule has 2 N–H and O–H groups in total. The molecule has 1 saturated heterocycles. The van der Waals surface area contributed by atoms with Gasteiger partial charge < -0.3 is 15.2 Å². The lowest BCUT2D eigenvalue weighted by Crippen LogP contribution is -2.47. The Morgan fingerprint density at radius 3 is 3.15 bits per heavy atom. The SMILES string of the molecule is CCOc1ccc(N)cc1CN1CCOC2CCCC21. The minimum absolute atomic E-state index is 0.431. The second-order valence-electron chi connectivity index (χ2n) is 5.68. The molecule has 1 aromatic carbocycles. The number of benzene rings is 1. The lowest BCUT2D eigenvalue weighted by molar-refractivity contribution is -0.0590. The third-order valence-corrected chi connectivity index (χ3v) is 4.35. The first-order chi connectivity index (χ1) is 9.78. The Morgan fingerprint density at radius 2 is 2.30 bits per heavy atom. The molecule has 1 aliphatic heterocycles. The fourth-order valence-corrected chi connectivity index (χ4v) is 3.44. The molecule has 1 aliphatic carbocycles. The molecule has 2 fully saturated rings. The Balaban J connectivity index is 1.77. The van der Waals surface area contributed by atoms with Gasteiger partial charge in [-0.25, -0.2) is 0 Å². The molecule has 0 radical (unpaired) electrons. The van der Waals surface area contributed by atoms with E-state index in [0.29, 0.717) is 18.8 Å². The molecule has 0 aromatic heterocycles. The monoisotopic (exact) mass is 276 g/mol. The van der Waals surface area contributed by atoms with Gasteiger partial charge in [-0.2, -0.15) is 0 Å². The van der Waals surface area contributed by atoms with Gasteiger partial charge in [0.05, 0.1) is 19.3 Å². The Kier molecular flexibility index (Phi) is 4.13. The van der Waals surface area contributed by atoms with Crippen LogP contribution in [0.25, 0.3) is 0 Å². The largest absolute Gasteiger partial charge is 0.494 e. The topological polar surface area (TPSA) is 47.7 Å². The summed E-state index contributed by atoms with van der Waals surface area (Å²) < 4.78 is 11.6. The second-order valence-corrected chi connectivity index (χ2v) is 5.68. The van der Waals surface area contributed by atoms with Crippen molar-refractivity contribution in [2.24, 2.45) is 0 Å². The van der Waals surface area contributed by atoms with Crippen molar-refractivity contribution >= 4 is 5.69 Å². The van der Waals surface area contributed by atoms with Crippen molar-refractivity contribution in [2.45, 2.75) is 44.9 Å². The van der Waals surface area contributed by atoms with Crippen molar-refractivity contribution in [3.8, 4) is 5.75 Å². The molecule has 20 heavy (non-hydrogen) atoms. The molecule has 0 spiro atoms. The minimum Gasteiger partial charge on any atom is -0.494 e. The number of morpholine rings is 1. The van der Waals surface area contributed by atoms with Gasteiger partial charge in [0, 0.05) is 30.4 Å². The van der Waals surface area contributed by atoms with Crippen molar-refractivity contribution < 1.29 is 9.47 Å². The van der Waals surface area contributed by atoms with Gasteiger partial charge in [0.25, 0.3) is 0 Å². The van der Waals surface area contributed by atoms with Crippen LogP contribution in [0.1, 0.15) is 31.7 Å². The molecular weight excluding hydrogens is 252 g/mol. The number of ether oxygens (including phenoxy) is 2. The summed E-state index contributed by atoms with van der Waals surface area (Å²) in [4.78, 5) is 2.54. The first-order valence-corrected chi connectivity index (χ1v) is 7.65. The van der Waals surface area contributed by atoms with Gasteiger partial charge in [-0.05, 0) is 44.4 Å². The van der Waals surface area contributed by atoms with Crippen molar-refractivity contribution in [1.82, 2.24) is 4.90 Å². The maximum absolute atomic E-state index is 5.94. The molecule has 1 heterocycles. The number of hydrogen-bond donors (Lipinski definition) is 1. The first-order valence-electron chi connectivity index (χ1n) is 7.65. The molecule has 2 atom stereocenters. The summed E-state index contributed by atoms with van der Waals surface area (Å²) in [6, 6.07) is 6.51. The smallest absolute Gasteiger partial charge is 0.123 e. The van der Waals surface area contributed by atoms with E-state index in [1.165, 1.54) is 24.8 Å². The molecule has 2 unspecified atom stereocenters. The molecule has 0 amide bonds. The number of anilines is 1. The Labute approximate surface area is 120 Å². The van der Waals surface area contributed by atoms with Crippen molar-refractivity contribution in [3.63, 3.8) is 0 Å². The molecule has 4 heteroatoms. The van der Waals surface area contributed by atoms with Crippen LogP contribution in [0.4, 0.5) is 5.69 Å². The fourth-order valence-electron chi connectivity index (χ4n) is 3.44. The van der Waals surface area contributed by atoms with E-state index in [1.54, 1.807) is 0 Å².